The van der Waals surface area contributed by atoms with Crippen LogP contribution in [0, 0.1) is 11.8 Å². The van der Waals surface area contributed by atoms with E-state index in [2.05, 4.69) is 48.1 Å². The summed E-state index contributed by atoms with van der Waals surface area (Å²) < 4.78 is 6.01. The highest BCUT2D eigenvalue weighted by Crippen LogP contribution is 2.36. The third-order valence-corrected chi connectivity index (χ3v) is 6.36. The Morgan fingerprint density at radius 2 is 1.62 bits per heavy atom. The average molecular weight is 395 g/mol. The molecule has 2 unspecified atom stereocenters. The SMILES string of the molecule is CCCCc1cnc(-c2ccc(OCCCC3CCCCC3CCC)cc2)cn1. The van der Waals surface area contributed by atoms with Gasteiger partial charge in [0.2, 0.25) is 0 Å². The van der Waals surface area contributed by atoms with Gasteiger partial charge in [-0.15, -0.1) is 0 Å². The van der Waals surface area contributed by atoms with Crippen molar-refractivity contribution in [3.8, 4) is 17.0 Å². The van der Waals surface area contributed by atoms with E-state index in [0.29, 0.717) is 0 Å². The molecule has 0 amide bonds. The van der Waals surface area contributed by atoms with E-state index < -0.39 is 0 Å². The molecule has 29 heavy (non-hydrogen) atoms. The minimum atomic E-state index is 0.820. The second-order valence-corrected chi connectivity index (χ2v) is 8.60. The van der Waals surface area contributed by atoms with Crippen molar-refractivity contribution < 1.29 is 4.74 Å². The van der Waals surface area contributed by atoms with Crippen molar-refractivity contribution >= 4 is 0 Å². The number of hydrogen-bond donors (Lipinski definition) is 0. The summed E-state index contributed by atoms with van der Waals surface area (Å²) in [5.74, 6) is 2.84. The first-order chi connectivity index (χ1) is 14.3. The Morgan fingerprint density at radius 1 is 0.862 bits per heavy atom. The van der Waals surface area contributed by atoms with Gasteiger partial charge in [0, 0.05) is 11.8 Å². The molecule has 3 rings (SSSR count). The Bertz CT molecular complexity index is 694. The fourth-order valence-corrected chi connectivity index (χ4v) is 4.66. The molecule has 1 saturated carbocycles. The Hall–Kier alpha value is -1.90. The van der Waals surface area contributed by atoms with Gasteiger partial charge in [-0.05, 0) is 61.8 Å². The molecule has 0 bridgehead atoms. The maximum absolute atomic E-state index is 6.01. The monoisotopic (exact) mass is 394 g/mol. The number of rotatable bonds is 11. The van der Waals surface area contributed by atoms with E-state index in [1.807, 2.05) is 12.4 Å². The number of ether oxygens (including phenoxy) is 1. The lowest BCUT2D eigenvalue weighted by Gasteiger charge is -2.31. The fraction of sp³-hybridized carbons (Fsp3) is 0.615. The molecule has 3 heteroatoms. The Kier molecular flexibility index (Phi) is 8.98. The Labute approximate surface area is 177 Å². The third-order valence-electron chi connectivity index (χ3n) is 6.36. The van der Waals surface area contributed by atoms with Crippen molar-refractivity contribution in [3.05, 3.63) is 42.4 Å². The van der Waals surface area contributed by atoms with Crippen molar-refractivity contribution in [1.82, 2.24) is 9.97 Å². The zero-order valence-corrected chi connectivity index (χ0v) is 18.4. The maximum Gasteiger partial charge on any atom is 0.119 e. The van der Waals surface area contributed by atoms with E-state index in [0.717, 1.165) is 54.0 Å². The molecule has 1 fully saturated rings. The van der Waals surface area contributed by atoms with E-state index in [1.54, 1.807) is 0 Å². The summed E-state index contributed by atoms with van der Waals surface area (Å²) in [6.45, 7) is 5.34. The Balaban J connectivity index is 1.43. The zero-order chi connectivity index (χ0) is 20.3. The molecular formula is C26H38N2O. The molecular weight excluding hydrogens is 356 g/mol. The van der Waals surface area contributed by atoms with Crippen LogP contribution in [0.2, 0.25) is 0 Å². The topological polar surface area (TPSA) is 35.0 Å². The summed E-state index contributed by atoms with van der Waals surface area (Å²) in [6, 6.07) is 8.29. The molecule has 1 heterocycles. The van der Waals surface area contributed by atoms with Gasteiger partial charge in [-0.25, -0.2) is 0 Å². The van der Waals surface area contributed by atoms with Crippen LogP contribution in [0.4, 0.5) is 0 Å². The van der Waals surface area contributed by atoms with Crippen LogP contribution in [0.3, 0.4) is 0 Å². The summed E-state index contributed by atoms with van der Waals surface area (Å²) in [4.78, 5) is 9.12. The van der Waals surface area contributed by atoms with Gasteiger partial charge in [0.05, 0.1) is 24.2 Å². The number of aromatic nitrogens is 2. The maximum atomic E-state index is 6.01. The largest absolute Gasteiger partial charge is 0.494 e. The van der Waals surface area contributed by atoms with Gasteiger partial charge in [0.25, 0.3) is 0 Å². The van der Waals surface area contributed by atoms with Crippen LogP contribution in [0.1, 0.15) is 83.7 Å². The molecule has 0 spiro atoms. The fourth-order valence-electron chi connectivity index (χ4n) is 4.66. The van der Waals surface area contributed by atoms with Gasteiger partial charge < -0.3 is 4.74 Å². The zero-order valence-electron chi connectivity index (χ0n) is 18.4. The first-order valence-electron chi connectivity index (χ1n) is 11.8. The van der Waals surface area contributed by atoms with Gasteiger partial charge >= 0.3 is 0 Å². The molecule has 1 aromatic heterocycles. The lowest BCUT2D eigenvalue weighted by atomic mass is 9.75. The molecule has 3 nitrogen and oxygen atoms in total. The summed E-state index contributed by atoms with van der Waals surface area (Å²) in [6.07, 6.45) is 18.1. The molecule has 158 valence electrons. The quantitative estimate of drug-likeness (QED) is 0.376. The highest BCUT2D eigenvalue weighted by Gasteiger charge is 2.23. The van der Waals surface area contributed by atoms with Gasteiger partial charge in [-0.2, -0.15) is 0 Å². The van der Waals surface area contributed by atoms with Gasteiger partial charge in [0.1, 0.15) is 5.75 Å². The highest BCUT2D eigenvalue weighted by atomic mass is 16.5. The van der Waals surface area contributed by atoms with E-state index >= 15 is 0 Å². The summed E-state index contributed by atoms with van der Waals surface area (Å²) in [5, 5.41) is 0. The number of hydrogen-bond acceptors (Lipinski definition) is 3. The predicted octanol–water partition coefficient (Wildman–Crippen LogP) is 7.25. The lowest BCUT2D eigenvalue weighted by Crippen LogP contribution is -2.20. The van der Waals surface area contributed by atoms with Crippen LogP contribution >= 0.6 is 0 Å². The minimum Gasteiger partial charge on any atom is -0.494 e. The second kappa shape index (κ2) is 11.9. The van der Waals surface area contributed by atoms with Gasteiger partial charge in [0.15, 0.2) is 0 Å². The normalized spacial score (nSPS) is 19.2. The minimum absolute atomic E-state index is 0.820. The number of unbranched alkanes of at least 4 members (excludes halogenated alkanes) is 1. The molecule has 2 atom stereocenters. The van der Waals surface area contributed by atoms with Gasteiger partial charge in [-0.1, -0.05) is 58.8 Å². The second-order valence-electron chi connectivity index (χ2n) is 8.60. The Morgan fingerprint density at radius 3 is 2.28 bits per heavy atom. The van der Waals surface area contributed by atoms with E-state index in [9.17, 15) is 0 Å². The molecule has 0 aliphatic heterocycles. The molecule has 1 aromatic carbocycles. The van der Waals surface area contributed by atoms with Crippen LogP contribution in [0.5, 0.6) is 5.75 Å². The standard InChI is InChI=1S/C26H38N2O/c1-3-5-13-24-19-28-26(20-27-24)23-14-16-25(17-15-23)29-18-8-12-22-11-7-6-10-21(22)9-4-2/h14-17,19-22H,3-13,18H2,1-2H3. The summed E-state index contributed by atoms with van der Waals surface area (Å²) in [7, 11) is 0. The molecule has 1 aliphatic carbocycles. The smallest absolute Gasteiger partial charge is 0.119 e. The summed E-state index contributed by atoms with van der Waals surface area (Å²) >= 11 is 0. The van der Waals surface area contributed by atoms with Crippen LogP contribution < -0.4 is 4.74 Å². The van der Waals surface area contributed by atoms with E-state index in [1.165, 1.54) is 57.8 Å². The van der Waals surface area contributed by atoms with Crippen molar-refractivity contribution in [3.63, 3.8) is 0 Å². The summed E-state index contributed by atoms with van der Waals surface area (Å²) in [5.41, 5.74) is 3.10. The molecule has 0 radical (unpaired) electrons. The third kappa shape index (κ3) is 6.83. The number of aryl methyl sites for hydroxylation is 1. The molecule has 2 aromatic rings. The number of benzene rings is 1. The van der Waals surface area contributed by atoms with Crippen LogP contribution in [-0.4, -0.2) is 16.6 Å². The van der Waals surface area contributed by atoms with E-state index in [-0.39, 0.29) is 0 Å². The van der Waals surface area contributed by atoms with Crippen LogP contribution in [-0.2, 0) is 6.42 Å². The molecule has 0 saturated heterocycles. The van der Waals surface area contributed by atoms with Crippen molar-refractivity contribution in [1.29, 1.82) is 0 Å². The van der Waals surface area contributed by atoms with Crippen LogP contribution in [0.25, 0.3) is 11.3 Å². The first-order valence-corrected chi connectivity index (χ1v) is 11.8. The molecule has 1 aliphatic rings. The first kappa shape index (κ1) is 21.8. The van der Waals surface area contributed by atoms with Crippen LogP contribution in [0.15, 0.2) is 36.7 Å². The van der Waals surface area contributed by atoms with Crippen molar-refractivity contribution in [2.45, 2.75) is 84.5 Å². The highest BCUT2D eigenvalue weighted by molar-refractivity contribution is 5.58. The lowest BCUT2D eigenvalue weighted by molar-refractivity contribution is 0.193. The predicted molar refractivity (Wildman–Crippen MR) is 121 cm³/mol. The number of nitrogens with zero attached hydrogens (tertiary/aromatic N) is 2. The van der Waals surface area contributed by atoms with Crippen molar-refractivity contribution in [2.75, 3.05) is 6.61 Å². The average Bonchev–Trinajstić information content (AvgIpc) is 2.77. The van der Waals surface area contributed by atoms with E-state index in [4.69, 9.17) is 4.74 Å². The van der Waals surface area contributed by atoms with Gasteiger partial charge in [-0.3, -0.25) is 9.97 Å². The molecule has 0 N–H and O–H groups in total. The van der Waals surface area contributed by atoms with Crippen molar-refractivity contribution in [2.24, 2.45) is 11.8 Å².